The van der Waals surface area contributed by atoms with Crippen LogP contribution in [-0.4, -0.2) is 58.3 Å². The van der Waals surface area contributed by atoms with E-state index < -0.39 is 17.0 Å². The van der Waals surface area contributed by atoms with Crippen LogP contribution in [-0.2, 0) is 11.8 Å². The van der Waals surface area contributed by atoms with E-state index in [9.17, 15) is 24.3 Å². The molecule has 0 radical (unpaired) electrons. The molecule has 0 saturated heterocycles. The summed E-state index contributed by atoms with van der Waals surface area (Å²) in [7, 11) is 4.44. The lowest BCUT2D eigenvalue weighted by molar-refractivity contribution is -0.119. The average molecular weight is 418 g/mol. The number of amides is 2. The van der Waals surface area contributed by atoms with Crippen LogP contribution in [0.5, 0.6) is 5.75 Å². The number of benzene rings is 1. The van der Waals surface area contributed by atoms with Gasteiger partial charge in [-0.3, -0.25) is 29.0 Å². The molecule has 1 heterocycles. The number of hydrogen-bond donors (Lipinski definition) is 5. The molecule has 0 aliphatic carbocycles. The van der Waals surface area contributed by atoms with Gasteiger partial charge in [0.25, 0.3) is 17.0 Å². The number of H-pyrrole nitrogens is 1. The third-order valence-corrected chi connectivity index (χ3v) is 4.07. The topological polar surface area (TPSA) is 149 Å². The lowest BCUT2D eigenvalue weighted by atomic mass is 10.1. The fourth-order valence-electron chi connectivity index (χ4n) is 2.67. The minimum absolute atomic E-state index is 0.0254. The van der Waals surface area contributed by atoms with Crippen LogP contribution in [0.2, 0.25) is 0 Å². The van der Waals surface area contributed by atoms with Crippen molar-refractivity contribution in [2.75, 3.05) is 31.3 Å². The highest BCUT2D eigenvalue weighted by Gasteiger charge is 2.20. The maximum Gasteiger partial charge on any atom is 0.290 e. The van der Waals surface area contributed by atoms with E-state index in [1.807, 2.05) is 0 Å². The number of carbonyl (C=O) groups excluding carboxylic acids is 2. The van der Waals surface area contributed by atoms with Gasteiger partial charge in [0.15, 0.2) is 5.75 Å². The van der Waals surface area contributed by atoms with Gasteiger partial charge in [-0.1, -0.05) is 6.07 Å². The SMILES string of the molecule is CC(C)NC(=O)CNc1c(Nc2cccc(C(=O)N(C)C)c2O)c(=O)n(C)[nH]c1=O. The highest BCUT2D eigenvalue weighted by molar-refractivity contribution is 5.98. The Labute approximate surface area is 172 Å². The molecule has 1 aromatic heterocycles. The summed E-state index contributed by atoms with van der Waals surface area (Å²) < 4.78 is 0.968. The number of aryl methyl sites for hydroxylation is 1. The summed E-state index contributed by atoms with van der Waals surface area (Å²) in [5.74, 6) is -1.17. The Bertz CT molecular complexity index is 1070. The van der Waals surface area contributed by atoms with Crippen molar-refractivity contribution >= 4 is 28.9 Å². The van der Waals surface area contributed by atoms with Crippen LogP contribution < -0.4 is 27.1 Å². The molecule has 0 bridgehead atoms. The van der Waals surface area contributed by atoms with Gasteiger partial charge in [0, 0.05) is 27.2 Å². The van der Waals surface area contributed by atoms with Crippen LogP contribution >= 0.6 is 0 Å². The minimum Gasteiger partial charge on any atom is -0.505 e. The van der Waals surface area contributed by atoms with Crippen LogP contribution in [0, 0.1) is 0 Å². The zero-order valence-corrected chi connectivity index (χ0v) is 17.5. The predicted octanol–water partition coefficient (Wildman–Crippen LogP) is 0.161. The third kappa shape index (κ3) is 4.99. The average Bonchev–Trinajstić information content (AvgIpc) is 2.65. The number of aromatic hydroxyl groups is 1. The van der Waals surface area contributed by atoms with Gasteiger partial charge in [-0.15, -0.1) is 0 Å². The first-order valence-electron chi connectivity index (χ1n) is 9.20. The number of hydrogen-bond acceptors (Lipinski definition) is 7. The van der Waals surface area contributed by atoms with Gasteiger partial charge in [0.05, 0.1) is 17.8 Å². The molecule has 5 N–H and O–H groups in total. The molecule has 162 valence electrons. The maximum atomic E-state index is 12.6. The van der Waals surface area contributed by atoms with E-state index in [1.165, 1.54) is 30.1 Å². The Morgan fingerprint density at radius 1 is 1.20 bits per heavy atom. The number of carbonyl (C=O) groups is 2. The molecular weight excluding hydrogens is 392 g/mol. The van der Waals surface area contributed by atoms with Crippen LogP contribution in [0.1, 0.15) is 24.2 Å². The summed E-state index contributed by atoms with van der Waals surface area (Å²) >= 11 is 0. The van der Waals surface area contributed by atoms with E-state index in [1.54, 1.807) is 27.9 Å². The summed E-state index contributed by atoms with van der Waals surface area (Å²) in [5, 5.41) is 20.9. The molecule has 0 aliphatic rings. The number of nitrogens with one attached hydrogen (secondary N) is 4. The molecule has 11 nitrogen and oxygen atoms in total. The second kappa shape index (κ2) is 9.16. The molecule has 0 unspecified atom stereocenters. The van der Waals surface area contributed by atoms with Gasteiger partial charge in [0.2, 0.25) is 5.91 Å². The van der Waals surface area contributed by atoms with Crippen molar-refractivity contribution in [2.45, 2.75) is 19.9 Å². The van der Waals surface area contributed by atoms with Crippen molar-refractivity contribution < 1.29 is 14.7 Å². The van der Waals surface area contributed by atoms with E-state index in [0.717, 1.165) is 4.68 Å². The summed E-state index contributed by atoms with van der Waals surface area (Å²) in [5.41, 5.74) is -1.51. The van der Waals surface area contributed by atoms with Crippen molar-refractivity contribution in [3.63, 3.8) is 0 Å². The molecule has 2 aromatic rings. The number of aromatic amines is 1. The molecular formula is C19H26N6O5. The molecule has 2 rings (SSSR count). The van der Waals surface area contributed by atoms with E-state index >= 15 is 0 Å². The number of nitrogens with zero attached hydrogens (tertiary/aromatic N) is 2. The number of phenolic OH excluding ortho intramolecular Hbond substituents is 1. The van der Waals surface area contributed by atoms with Crippen molar-refractivity contribution in [2.24, 2.45) is 7.05 Å². The predicted molar refractivity (Wildman–Crippen MR) is 113 cm³/mol. The molecule has 1 aromatic carbocycles. The fraction of sp³-hybridized carbons (Fsp3) is 0.368. The summed E-state index contributed by atoms with van der Waals surface area (Å²) in [6.07, 6.45) is 0. The van der Waals surface area contributed by atoms with Gasteiger partial charge < -0.3 is 26.0 Å². The van der Waals surface area contributed by atoms with E-state index in [0.29, 0.717) is 0 Å². The largest absolute Gasteiger partial charge is 0.505 e. The number of rotatable bonds is 7. The first-order valence-corrected chi connectivity index (χ1v) is 9.20. The van der Waals surface area contributed by atoms with Crippen molar-refractivity contribution in [3.05, 3.63) is 44.5 Å². The summed E-state index contributed by atoms with van der Waals surface area (Å²) in [6, 6.07) is 4.33. The highest BCUT2D eigenvalue weighted by atomic mass is 16.3. The molecule has 0 spiro atoms. The quantitative estimate of drug-likeness (QED) is 0.402. The minimum atomic E-state index is -0.642. The second-order valence-electron chi connectivity index (χ2n) is 7.16. The molecule has 0 saturated carbocycles. The van der Waals surface area contributed by atoms with Crippen molar-refractivity contribution in [1.82, 2.24) is 20.0 Å². The monoisotopic (exact) mass is 418 g/mol. The Kier molecular flexibility index (Phi) is 6.88. The second-order valence-corrected chi connectivity index (χ2v) is 7.16. The Balaban J connectivity index is 2.46. The lowest BCUT2D eigenvalue weighted by Gasteiger charge is -2.17. The summed E-state index contributed by atoms with van der Waals surface area (Å²) in [4.78, 5) is 50.5. The molecule has 0 atom stereocenters. The van der Waals surface area contributed by atoms with Crippen LogP contribution in [0.25, 0.3) is 0 Å². The standard InChI is InChI=1S/C19H26N6O5/c1-10(2)21-13(26)9-20-14-15(19(30)25(5)23-17(14)28)22-12-8-6-7-11(16(12)27)18(29)24(3)4/h6-8,10,20,22,27H,9H2,1-5H3,(H,21,26)(H,23,28). The Hall–Kier alpha value is -3.76. The van der Waals surface area contributed by atoms with E-state index in [4.69, 9.17) is 0 Å². The van der Waals surface area contributed by atoms with Crippen LogP contribution in [0.15, 0.2) is 27.8 Å². The zero-order chi connectivity index (χ0) is 22.6. The van der Waals surface area contributed by atoms with Gasteiger partial charge in [0.1, 0.15) is 11.4 Å². The molecule has 2 amide bonds. The van der Waals surface area contributed by atoms with Crippen LogP contribution in [0.3, 0.4) is 0 Å². The van der Waals surface area contributed by atoms with Crippen LogP contribution in [0.4, 0.5) is 17.1 Å². The van der Waals surface area contributed by atoms with Gasteiger partial charge >= 0.3 is 0 Å². The zero-order valence-electron chi connectivity index (χ0n) is 17.5. The number of phenols is 1. The Morgan fingerprint density at radius 3 is 2.47 bits per heavy atom. The fourth-order valence-corrected chi connectivity index (χ4v) is 2.67. The van der Waals surface area contributed by atoms with E-state index in [2.05, 4.69) is 21.0 Å². The number of para-hydroxylation sites is 1. The maximum absolute atomic E-state index is 12.6. The smallest absolute Gasteiger partial charge is 0.290 e. The number of anilines is 3. The number of aromatic nitrogens is 2. The third-order valence-electron chi connectivity index (χ3n) is 4.07. The first-order chi connectivity index (χ1) is 14.0. The van der Waals surface area contributed by atoms with Crippen molar-refractivity contribution in [1.29, 1.82) is 0 Å². The molecule has 0 aliphatic heterocycles. The van der Waals surface area contributed by atoms with Gasteiger partial charge in [-0.2, -0.15) is 0 Å². The highest BCUT2D eigenvalue weighted by Crippen LogP contribution is 2.31. The molecule has 0 fully saturated rings. The van der Waals surface area contributed by atoms with Gasteiger partial charge in [-0.25, -0.2) is 0 Å². The normalized spacial score (nSPS) is 10.6. The summed E-state index contributed by atoms with van der Waals surface area (Å²) in [6.45, 7) is 3.34. The molecule has 11 heteroatoms. The van der Waals surface area contributed by atoms with E-state index in [-0.39, 0.29) is 46.9 Å². The van der Waals surface area contributed by atoms with Gasteiger partial charge in [-0.05, 0) is 26.0 Å². The first kappa shape index (κ1) is 22.5. The molecule has 30 heavy (non-hydrogen) atoms. The Morgan fingerprint density at radius 2 is 1.87 bits per heavy atom. The van der Waals surface area contributed by atoms with Crippen molar-refractivity contribution in [3.8, 4) is 5.75 Å². The lowest BCUT2D eigenvalue weighted by Crippen LogP contribution is -2.37.